The molecule has 1 heterocycles. The van der Waals surface area contributed by atoms with Gasteiger partial charge in [0.2, 0.25) is 0 Å². The van der Waals surface area contributed by atoms with E-state index < -0.39 is 0 Å². The summed E-state index contributed by atoms with van der Waals surface area (Å²) >= 11 is 0. The van der Waals surface area contributed by atoms with Crippen molar-refractivity contribution >= 4 is 27.8 Å². The fourth-order valence-corrected chi connectivity index (χ4v) is 2.16. The molecule has 0 unspecified atom stereocenters. The van der Waals surface area contributed by atoms with Crippen LogP contribution in [0.3, 0.4) is 0 Å². The highest BCUT2D eigenvalue weighted by Gasteiger charge is 2.16. The second kappa shape index (κ2) is 3.88. The van der Waals surface area contributed by atoms with Gasteiger partial charge in [-0.25, -0.2) is 0 Å². The van der Waals surface area contributed by atoms with Crippen LogP contribution in [0.5, 0.6) is 0 Å². The van der Waals surface area contributed by atoms with Crippen LogP contribution in [0.25, 0.3) is 21.9 Å². The number of carbonyl (C=O) groups is 1. The molecule has 0 saturated carbocycles. The molecule has 0 atom stereocenters. The van der Waals surface area contributed by atoms with Crippen molar-refractivity contribution in [1.29, 1.82) is 0 Å². The third kappa shape index (κ3) is 1.48. The van der Waals surface area contributed by atoms with E-state index in [4.69, 9.17) is 4.42 Å². The predicted molar refractivity (Wildman–Crippen MR) is 71.7 cm³/mol. The quantitative estimate of drug-likeness (QED) is 0.653. The van der Waals surface area contributed by atoms with Crippen molar-refractivity contribution in [3.8, 4) is 0 Å². The molecule has 0 spiro atoms. The SMILES string of the molecule is CN(C)C(=O)c1cccc2c1oc1ccccc12. The van der Waals surface area contributed by atoms with E-state index in [1.54, 1.807) is 25.1 Å². The fourth-order valence-electron chi connectivity index (χ4n) is 2.16. The number of benzene rings is 2. The molecule has 3 heteroatoms. The minimum Gasteiger partial charge on any atom is -0.455 e. The van der Waals surface area contributed by atoms with Gasteiger partial charge >= 0.3 is 0 Å². The lowest BCUT2D eigenvalue weighted by molar-refractivity contribution is 0.0828. The number of hydrogen-bond acceptors (Lipinski definition) is 2. The lowest BCUT2D eigenvalue weighted by Gasteiger charge is -2.09. The lowest BCUT2D eigenvalue weighted by Crippen LogP contribution is -2.21. The predicted octanol–water partition coefficient (Wildman–Crippen LogP) is 3.29. The van der Waals surface area contributed by atoms with Crippen LogP contribution in [0.4, 0.5) is 0 Å². The van der Waals surface area contributed by atoms with E-state index in [1.807, 2.05) is 36.4 Å². The molecule has 0 saturated heterocycles. The summed E-state index contributed by atoms with van der Waals surface area (Å²) in [6.07, 6.45) is 0. The minimum atomic E-state index is -0.0420. The molecule has 0 aliphatic heterocycles. The molecule has 0 fully saturated rings. The van der Waals surface area contributed by atoms with Crippen LogP contribution in [0.1, 0.15) is 10.4 Å². The third-order valence-electron chi connectivity index (χ3n) is 3.04. The Morgan fingerprint density at radius 2 is 1.72 bits per heavy atom. The number of furan rings is 1. The van der Waals surface area contributed by atoms with Crippen molar-refractivity contribution in [3.05, 3.63) is 48.0 Å². The third-order valence-corrected chi connectivity index (χ3v) is 3.04. The average molecular weight is 239 g/mol. The smallest absolute Gasteiger partial charge is 0.257 e. The molecule has 0 radical (unpaired) electrons. The van der Waals surface area contributed by atoms with E-state index in [2.05, 4.69) is 0 Å². The maximum Gasteiger partial charge on any atom is 0.257 e. The van der Waals surface area contributed by atoms with E-state index in [-0.39, 0.29) is 5.91 Å². The molecule has 0 aliphatic rings. The van der Waals surface area contributed by atoms with Gasteiger partial charge in [-0.2, -0.15) is 0 Å². The Balaban J connectivity index is 2.38. The summed E-state index contributed by atoms with van der Waals surface area (Å²) in [7, 11) is 3.48. The van der Waals surface area contributed by atoms with E-state index in [9.17, 15) is 4.79 Å². The number of rotatable bonds is 1. The first-order chi connectivity index (χ1) is 8.68. The molecule has 1 amide bonds. The summed E-state index contributed by atoms with van der Waals surface area (Å²) in [5, 5.41) is 2.03. The molecule has 18 heavy (non-hydrogen) atoms. The first kappa shape index (κ1) is 10.8. The van der Waals surface area contributed by atoms with Crippen molar-refractivity contribution in [2.24, 2.45) is 0 Å². The van der Waals surface area contributed by atoms with Gasteiger partial charge in [-0.3, -0.25) is 4.79 Å². The van der Waals surface area contributed by atoms with Gasteiger partial charge in [0.25, 0.3) is 5.91 Å². The fraction of sp³-hybridized carbons (Fsp3) is 0.133. The number of hydrogen-bond donors (Lipinski definition) is 0. The first-order valence-corrected chi connectivity index (χ1v) is 5.80. The minimum absolute atomic E-state index is 0.0420. The highest BCUT2D eigenvalue weighted by Crippen LogP contribution is 2.30. The summed E-state index contributed by atoms with van der Waals surface area (Å²) in [4.78, 5) is 13.7. The molecule has 3 rings (SSSR count). The number of nitrogens with zero attached hydrogens (tertiary/aromatic N) is 1. The Kier molecular flexibility index (Phi) is 2.33. The second-order valence-electron chi connectivity index (χ2n) is 4.48. The Bertz CT molecular complexity index is 740. The molecular weight excluding hydrogens is 226 g/mol. The second-order valence-corrected chi connectivity index (χ2v) is 4.48. The van der Waals surface area contributed by atoms with Crippen LogP contribution in [0, 0.1) is 0 Å². The Morgan fingerprint density at radius 3 is 2.50 bits per heavy atom. The largest absolute Gasteiger partial charge is 0.455 e. The molecule has 1 aromatic heterocycles. The molecule has 3 aromatic rings. The zero-order valence-corrected chi connectivity index (χ0v) is 10.3. The molecular formula is C15H13NO2. The van der Waals surface area contributed by atoms with Crippen molar-refractivity contribution in [1.82, 2.24) is 4.90 Å². The lowest BCUT2D eigenvalue weighted by atomic mass is 10.1. The van der Waals surface area contributed by atoms with Gasteiger partial charge in [-0.1, -0.05) is 30.3 Å². The maximum atomic E-state index is 12.1. The van der Waals surface area contributed by atoms with Crippen LogP contribution >= 0.6 is 0 Å². The van der Waals surface area contributed by atoms with Gasteiger partial charge in [0.1, 0.15) is 11.2 Å². The molecule has 90 valence electrons. The van der Waals surface area contributed by atoms with Gasteiger partial charge in [-0.05, 0) is 12.1 Å². The van der Waals surface area contributed by atoms with Crippen molar-refractivity contribution in [3.63, 3.8) is 0 Å². The van der Waals surface area contributed by atoms with E-state index in [0.29, 0.717) is 11.1 Å². The van der Waals surface area contributed by atoms with Crippen molar-refractivity contribution in [2.45, 2.75) is 0 Å². The maximum absolute atomic E-state index is 12.1. The van der Waals surface area contributed by atoms with Crippen LogP contribution in [0.2, 0.25) is 0 Å². The van der Waals surface area contributed by atoms with Crippen LogP contribution < -0.4 is 0 Å². The Morgan fingerprint density at radius 1 is 1.00 bits per heavy atom. The van der Waals surface area contributed by atoms with Gasteiger partial charge in [0.05, 0.1) is 5.56 Å². The highest BCUT2D eigenvalue weighted by molar-refractivity contribution is 6.12. The summed E-state index contributed by atoms with van der Waals surface area (Å²) in [6, 6.07) is 13.5. The molecule has 3 nitrogen and oxygen atoms in total. The number of carbonyl (C=O) groups excluding carboxylic acids is 1. The average Bonchev–Trinajstić information content (AvgIpc) is 2.76. The van der Waals surface area contributed by atoms with Gasteiger partial charge in [0.15, 0.2) is 0 Å². The van der Waals surface area contributed by atoms with Gasteiger partial charge in [0, 0.05) is 24.9 Å². The normalized spacial score (nSPS) is 11.0. The van der Waals surface area contributed by atoms with Gasteiger partial charge in [-0.15, -0.1) is 0 Å². The Labute approximate surface area is 105 Å². The topological polar surface area (TPSA) is 33.5 Å². The van der Waals surface area contributed by atoms with Crippen molar-refractivity contribution < 1.29 is 9.21 Å². The summed E-state index contributed by atoms with van der Waals surface area (Å²) in [6.45, 7) is 0. The summed E-state index contributed by atoms with van der Waals surface area (Å²) in [5.74, 6) is -0.0420. The van der Waals surface area contributed by atoms with Crippen molar-refractivity contribution in [2.75, 3.05) is 14.1 Å². The number of para-hydroxylation sites is 2. The monoisotopic (exact) mass is 239 g/mol. The standard InChI is InChI=1S/C15H13NO2/c1-16(2)15(17)12-8-5-7-11-10-6-3-4-9-13(10)18-14(11)12/h3-9H,1-2H3. The van der Waals surface area contributed by atoms with Crippen LogP contribution in [-0.2, 0) is 0 Å². The molecule has 0 aliphatic carbocycles. The van der Waals surface area contributed by atoms with Crippen LogP contribution in [0.15, 0.2) is 46.9 Å². The highest BCUT2D eigenvalue weighted by atomic mass is 16.3. The zero-order valence-electron chi connectivity index (χ0n) is 10.3. The van der Waals surface area contributed by atoms with E-state index >= 15 is 0 Å². The van der Waals surface area contributed by atoms with E-state index in [1.165, 1.54) is 0 Å². The number of amides is 1. The van der Waals surface area contributed by atoms with Gasteiger partial charge < -0.3 is 9.32 Å². The van der Waals surface area contributed by atoms with Crippen LogP contribution in [-0.4, -0.2) is 24.9 Å². The molecule has 0 bridgehead atoms. The molecule has 0 N–H and O–H groups in total. The Hall–Kier alpha value is -2.29. The zero-order chi connectivity index (χ0) is 12.7. The first-order valence-electron chi connectivity index (χ1n) is 5.80. The summed E-state index contributed by atoms with van der Waals surface area (Å²) < 4.78 is 5.81. The van der Waals surface area contributed by atoms with E-state index in [0.717, 1.165) is 16.4 Å². The number of fused-ring (bicyclic) bond motifs is 3. The summed E-state index contributed by atoms with van der Waals surface area (Å²) in [5.41, 5.74) is 2.08. The molecule has 2 aromatic carbocycles.